The van der Waals surface area contributed by atoms with E-state index in [9.17, 15) is 19.2 Å². The topological polar surface area (TPSA) is 205 Å². The van der Waals surface area contributed by atoms with Crippen LogP contribution in [0.4, 0.5) is 19.2 Å². The molecule has 0 spiro atoms. The van der Waals surface area contributed by atoms with Gasteiger partial charge in [0.15, 0.2) is 12.6 Å². The molecule has 260 valence electrons. The van der Waals surface area contributed by atoms with Crippen LogP contribution in [0.1, 0.15) is 77.0 Å². The quantitative estimate of drug-likeness (QED) is 0.201. The maximum atomic E-state index is 13.1. The second-order valence-electron chi connectivity index (χ2n) is 12.4. The number of ether oxygens (including phenoxy) is 4. The van der Waals surface area contributed by atoms with Gasteiger partial charge in [-0.05, 0) is 86.5 Å². The molecule has 1 fully saturated rings. The van der Waals surface area contributed by atoms with Gasteiger partial charge in [-0.25, -0.2) is 19.2 Å². The summed E-state index contributed by atoms with van der Waals surface area (Å²) in [6.07, 6.45) is 14.7. The summed E-state index contributed by atoms with van der Waals surface area (Å²) < 4.78 is 23.3. The fraction of sp³-hybridized carbons (Fsp3) is 0.529. The molecule has 6 atom stereocenters. The van der Waals surface area contributed by atoms with Crippen LogP contribution >= 0.6 is 0 Å². The molecule has 0 saturated carbocycles. The molecular formula is C34H46N6O8. The maximum absolute atomic E-state index is 13.1. The summed E-state index contributed by atoms with van der Waals surface area (Å²) >= 11 is 0. The Morgan fingerprint density at radius 3 is 1.25 bits per heavy atom. The van der Waals surface area contributed by atoms with Crippen LogP contribution < -0.4 is 32.7 Å². The molecule has 0 aromatic carbocycles. The minimum atomic E-state index is -1.29. The molecule has 5 aliphatic rings. The van der Waals surface area contributed by atoms with Gasteiger partial charge in [0.05, 0.1) is 0 Å². The highest BCUT2D eigenvalue weighted by molar-refractivity contribution is 5.72. The Morgan fingerprint density at radius 2 is 0.854 bits per heavy atom. The van der Waals surface area contributed by atoms with Gasteiger partial charge in [0.2, 0.25) is 0 Å². The first kappa shape index (κ1) is 34.8. The lowest BCUT2D eigenvalue weighted by Gasteiger charge is -2.30. The van der Waals surface area contributed by atoms with Crippen LogP contribution in [0, 0.1) is 0 Å². The Kier molecular flexibility index (Phi) is 12.3. The van der Waals surface area contributed by atoms with Crippen LogP contribution in [0.3, 0.4) is 0 Å². The van der Waals surface area contributed by atoms with Gasteiger partial charge in [0.1, 0.15) is 24.4 Å². The van der Waals surface area contributed by atoms with E-state index in [-0.39, 0.29) is 0 Å². The molecule has 1 heterocycles. The number of hydrogen-bond donors (Lipinski definition) is 6. The van der Waals surface area contributed by atoms with Gasteiger partial charge in [-0.2, -0.15) is 0 Å². The summed E-state index contributed by atoms with van der Waals surface area (Å²) in [5, 5.41) is 9.88. The second-order valence-corrected chi connectivity index (χ2v) is 12.4. The predicted octanol–water partition coefficient (Wildman–Crippen LogP) is 4.42. The summed E-state index contributed by atoms with van der Waals surface area (Å²) in [6, 6.07) is 0. The zero-order valence-electron chi connectivity index (χ0n) is 27.0. The standard InChI is InChI=1S/C34H46N6O8/c35-29-37-32(42)46-24-16-10-8-14-22-12-4-2-6-18-28(26(22)20-24)48-34(44)40-30(36)38-31(41)45-23-15-9-7-13-21-11-3-1-5-17-27(25(21)19-23)47-33(43)39-29/h3-4,7-8,11-14,23-24,27-30H,1-2,5-6,9-10,15-20,35-36H2,(H,37,42)(H,38,41)(H,39,43)(H,40,44)/b11-3+,12-4+,13-7+,14-8+,25-21?,26-22?/t23?,24?,27?,28?,29-,30?/m1/s1. The van der Waals surface area contributed by atoms with Crippen molar-refractivity contribution in [2.75, 3.05) is 0 Å². The molecule has 5 unspecified atom stereocenters. The van der Waals surface area contributed by atoms with Crippen LogP contribution in [0.15, 0.2) is 70.9 Å². The van der Waals surface area contributed by atoms with Crippen molar-refractivity contribution in [3.05, 3.63) is 70.9 Å². The number of rotatable bonds is 0. The van der Waals surface area contributed by atoms with Crippen molar-refractivity contribution in [3.63, 3.8) is 0 Å². The molecule has 4 bridgehead atoms. The summed E-state index contributed by atoms with van der Waals surface area (Å²) in [7, 11) is 0. The zero-order valence-corrected chi connectivity index (χ0v) is 27.0. The number of carbonyl (C=O) groups excluding carboxylic acids is 4. The van der Waals surface area contributed by atoms with Gasteiger partial charge in [-0.3, -0.25) is 32.7 Å². The van der Waals surface area contributed by atoms with E-state index in [4.69, 9.17) is 30.4 Å². The fourth-order valence-corrected chi connectivity index (χ4v) is 6.44. The van der Waals surface area contributed by atoms with Crippen molar-refractivity contribution in [1.29, 1.82) is 0 Å². The van der Waals surface area contributed by atoms with Crippen molar-refractivity contribution in [3.8, 4) is 0 Å². The molecule has 0 aromatic rings. The molecule has 0 radical (unpaired) electrons. The van der Waals surface area contributed by atoms with Crippen LogP contribution in [0.2, 0.25) is 0 Å². The molecular weight excluding hydrogens is 620 g/mol. The third-order valence-electron chi connectivity index (χ3n) is 8.73. The van der Waals surface area contributed by atoms with E-state index in [2.05, 4.69) is 33.4 Å². The first-order chi connectivity index (χ1) is 23.2. The summed E-state index contributed by atoms with van der Waals surface area (Å²) in [4.78, 5) is 52.1. The van der Waals surface area contributed by atoms with Crippen molar-refractivity contribution in [2.24, 2.45) is 11.5 Å². The minimum Gasteiger partial charge on any atom is -0.446 e. The fourth-order valence-electron chi connectivity index (χ4n) is 6.44. The number of nitrogens with two attached hydrogens (primary N) is 2. The highest BCUT2D eigenvalue weighted by Gasteiger charge is 2.31. The molecule has 5 rings (SSSR count). The number of alkyl carbamates (subject to hydrolysis) is 4. The number of nitrogens with one attached hydrogen (secondary N) is 4. The molecule has 1 aliphatic heterocycles. The van der Waals surface area contributed by atoms with Crippen molar-refractivity contribution in [2.45, 2.75) is 114 Å². The van der Waals surface area contributed by atoms with E-state index in [1.54, 1.807) is 0 Å². The Morgan fingerprint density at radius 1 is 0.500 bits per heavy atom. The first-order valence-corrected chi connectivity index (χ1v) is 16.8. The monoisotopic (exact) mass is 666 g/mol. The summed E-state index contributed by atoms with van der Waals surface area (Å²) in [5.74, 6) is 0. The lowest BCUT2D eigenvalue weighted by atomic mass is 9.88. The average Bonchev–Trinajstić information content (AvgIpc) is 2.98. The average molecular weight is 667 g/mol. The maximum Gasteiger partial charge on any atom is 0.410 e. The Labute approximate surface area is 280 Å². The Bertz CT molecular complexity index is 1290. The third kappa shape index (κ3) is 10.2. The van der Waals surface area contributed by atoms with Gasteiger partial charge < -0.3 is 18.9 Å². The van der Waals surface area contributed by atoms with E-state index in [0.717, 1.165) is 48.0 Å². The highest BCUT2D eigenvalue weighted by atomic mass is 16.6. The van der Waals surface area contributed by atoms with E-state index in [1.807, 2.05) is 36.5 Å². The molecule has 8 N–H and O–H groups in total. The summed E-state index contributed by atoms with van der Waals surface area (Å²) in [5.41, 5.74) is 15.4. The highest BCUT2D eigenvalue weighted by Crippen LogP contribution is 2.32. The van der Waals surface area contributed by atoms with E-state index >= 15 is 0 Å². The molecule has 4 amide bonds. The third-order valence-corrected chi connectivity index (χ3v) is 8.73. The van der Waals surface area contributed by atoms with Crippen molar-refractivity contribution in [1.82, 2.24) is 21.3 Å². The molecule has 14 heteroatoms. The zero-order chi connectivity index (χ0) is 33.9. The normalized spacial score (nSPS) is 33.8. The van der Waals surface area contributed by atoms with Gasteiger partial charge in [0.25, 0.3) is 0 Å². The van der Waals surface area contributed by atoms with Crippen molar-refractivity contribution < 1.29 is 38.1 Å². The van der Waals surface area contributed by atoms with E-state index < -0.39 is 61.4 Å². The smallest absolute Gasteiger partial charge is 0.410 e. The van der Waals surface area contributed by atoms with Crippen molar-refractivity contribution >= 4 is 24.4 Å². The molecule has 48 heavy (non-hydrogen) atoms. The molecule has 1 saturated heterocycles. The van der Waals surface area contributed by atoms with Crippen LogP contribution in [0.25, 0.3) is 0 Å². The predicted molar refractivity (Wildman–Crippen MR) is 176 cm³/mol. The van der Waals surface area contributed by atoms with Crippen LogP contribution in [-0.2, 0) is 18.9 Å². The Hall–Kier alpha value is -4.56. The van der Waals surface area contributed by atoms with Gasteiger partial charge in [-0.15, -0.1) is 0 Å². The molecule has 4 aliphatic carbocycles. The largest absolute Gasteiger partial charge is 0.446 e. The lowest BCUT2D eigenvalue weighted by molar-refractivity contribution is 0.0663. The SMILES string of the molecule is NC1NC(=O)OC2CC/C=C/C3=C(C2)C(CCC/C=C/3)OC(=O)N[C@H](N)NC(=O)OC2CC/C=C/C3=C(C2)C(CCC/C=C/3)OC(=O)N1. The van der Waals surface area contributed by atoms with Crippen LogP contribution in [0.5, 0.6) is 0 Å². The first-order valence-electron chi connectivity index (χ1n) is 16.8. The number of allylic oxidation sites excluding steroid dienone is 10. The van der Waals surface area contributed by atoms with Gasteiger partial charge in [-0.1, -0.05) is 48.6 Å². The van der Waals surface area contributed by atoms with E-state index in [1.165, 1.54) is 0 Å². The van der Waals surface area contributed by atoms with Crippen LogP contribution in [-0.4, -0.2) is 61.4 Å². The Balaban J connectivity index is 1.41. The number of hydrogen-bond acceptors (Lipinski definition) is 10. The number of carbonyl (C=O) groups is 4. The number of fused-ring (bicyclic) bond motifs is 2. The van der Waals surface area contributed by atoms with E-state index in [0.29, 0.717) is 51.4 Å². The minimum absolute atomic E-state index is 0.292. The second kappa shape index (κ2) is 17.0. The van der Waals surface area contributed by atoms with Gasteiger partial charge in [0, 0.05) is 12.8 Å². The van der Waals surface area contributed by atoms with Gasteiger partial charge >= 0.3 is 24.4 Å². The number of amides is 4. The molecule has 14 nitrogen and oxygen atoms in total. The lowest BCUT2D eigenvalue weighted by Crippen LogP contribution is -2.55. The molecule has 0 aromatic heterocycles. The summed E-state index contributed by atoms with van der Waals surface area (Å²) in [6.45, 7) is 0.